The summed E-state index contributed by atoms with van der Waals surface area (Å²) in [6, 6.07) is 14.2. The molecule has 0 bridgehead atoms. The molecule has 0 atom stereocenters. The Morgan fingerprint density at radius 1 is 1.15 bits per heavy atom. The van der Waals surface area contributed by atoms with E-state index >= 15 is 0 Å². The first-order valence-corrected chi connectivity index (χ1v) is 7.26. The Morgan fingerprint density at radius 3 is 2.60 bits per heavy atom. The second-order valence-electron chi connectivity index (χ2n) is 4.65. The van der Waals surface area contributed by atoms with Gasteiger partial charge in [0.15, 0.2) is 0 Å². The molecule has 0 aliphatic carbocycles. The van der Waals surface area contributed by atoms with E-state index in [1.165, 1.54) is 0 Å². The third-order valence-corrected chi connectivity index (χ3v) is 3.77. The molecule has 0 unspecified atom stereocenters. The zero-order chi connectivity index (χ0) is 14.5. The number of rotatable bonds is 5. The van der Waals surface area contributed by atoms with Crippen LogP contribution in [-0.2, 0) is 13.1 Å². The van der Waals surface area contributed by atoms with Gasteiger partial charge >= 0.3 is 0 Å². The quantitative estimate of drug-likeness (QED) is 0.908. The highest BCUT2D eigenvalue weighted by Gasteiger charge is 2.10. The molecule has 20 heavy (non-hydrogen) atoms. The van der Waals surface area contributed by atoms with Gasteiger partial charge in [-0.1, -0.05) is 34.1 Å². The molecule has 0 fully saturated rings. The molecule has 0 aromatic heterocycles. The van der Waals surface area contributed by atoms with Gasteiger partial charge in [-0.2, -0.15) is 0 Å². The van der Waals surface area contributed by atoms with Crippen LogP contribution in [0.5, 0.6) is 5.75 Å². The fourth-order valence-electron chi connectivity index (χ4n) is 2.26. The summed E-state index contributed by atoms with van der Waals surface area (Å²) in [5, 5.41) is 0. The van der Waals surface area contributed by atoms with E-state index in [0.29, 0.717) is 6.54 Å². The van der Waals surface area contributed by atoms with Crippen molar-refractivity contribution in [1.82, 2.24) is 0 Å². The Labute approximate surface area is 128 Å². The van der Waals surface area contributed by atoms with Crippen LogP contribution in [0.1, 0.15) is 11.1 Å². The van der Waals surface area contributed by atoms with Gasteiger partial charge in [-0.15, -0.1) is 0 Å². The van der Waals surface area contributed by atoms with E-state index in [9.17, 15) is 0 Å². The molecule has 0 aliphatic heterocycles. The van der Waals surface area contributed by atoms with Crippen molar-refractivity contribution in [1.29, 1.82) is 0 Å². The van der Waals surface area contributed by atoms with Gasteiger partial charge in [0, 0.05) is 35.9 Å². The van der Waals surface area contributed by atoms with E-state index in [2.05, 4.69) is 46.1 Å². The Hall–Kier alpha value is -1.52. The number of para-hydroxylation sites is 1. The number of hydrogen-bond acceptors (Lipinski definition) is 3. The summed E-state index contributed by atoms with van der Waals surface area (Å²) in [4.78, 5) is 2.19. The average molecular weight is 335 g/mol. The predicted molar refractivity (Wildman–Crippen MR) is 87.1 cm³/mol. The lowest BCUT2D eigenvalue weighted by atomic mass is 10.1. The van der Waals surface area contributed by atoms with E-state index in [0.717, 1.165) is 33.6 Å². The van der Waals surface area contributed by atoms with Gasteiger partial charge in [-0.3, -0.25) is 0 Å². The number of benzene rings is 2. The topological polar surface area (TPSA) is 38.5 Å². The van der Waals surface area contributed by atoms with Crippen molar-refractivity contribution < 1.29 is 4.74 Å². The molecule has 2 rings (SSSR count). The summed E-state index contributed by atoms with van der Waals surface area (Å²) in [5.41, 5.74) is 9.25. The molecule has 0 amide bonds. The van der Waals surface area contributed by atoms with Crippen molar-refractivity contribution in [2.75, 3.05) is 19.1 Å². The molecular weight excluding hydrogens is 316 g/mol. The normalized spacial score (nSPS) is 10.4. The number of anilines is 1. The lowest BCUT2D eigenvalue weighted by Gasteiger charge is -2.23. The lowest BCUT2D eigenvalue weighted by Crippen LogP contribution is -2.19. The van der Waals surface area contributed by atoms with E-state index < -0.39 is 0 Å². The Bertz CT molecular complexity index is 586. The molecule has 2 N–H and O–H groups in total. The van der Waals surface area contributed by atoms with Crippen molar-refractivity contribution in [3.63, 3.8) is 0 Å². The minimum Gasteiger partial charge on any atom is -0.496 e. The first-order valence-electron chi connectivity index (χ1n) is 6.47. The van der Waals surface area contributed by atoms with E-state index in [4.69, 9.17) is 10.5 Å². The Morgan fingerprint density at radius 2 is 1.90 bits per heavy atom. The monoisotopic (exact) mass is 334 g/mol. The molecule has 4 heteroatoms. The summed E-state index contributed by atoms with van der Waals surface area (Å²) in [6.07, 6.45) is 0. The molecule has 106 valence electrons. The smallest absolute Gasteiger partial charge is 0.123 e. The molecular formula is C16H19BrN2O. The highest BCUT2D eigenvalue weighted by Crippen LogP contribution is 2.26. The zero-order valence-electron chi connectivity index (χ0n) is 11.8. The number of hydrogen-bond donors (Lipinski definition) is 1. The molecule has 0 radical (unpaired) electrons. The maximum atomic E-state index is 5.83. The second kappa shape index (κ2) is 6.77. The maximum absolute atomic E-state index is 5.83. The number of halogens is 1. The fraction of sp³-hybridized carbons (Fsp3) is 0.250. The molecule has 0 saturated heterocycles. The zero-order valence-corrected chi connectivity index (χ0v) is 13.4. The maximum Gasteiger partial charge on any atom is 0.123 e. The number of nitrogens with two attached hydrogens (primary N) is 1. The van der Waals surface area contributed by atoms with Crippen LogP contribution in [0.25, 0.3) is 0 Å². The van der Waals surface area contributed by atoms with Crippen LogP contribution in [0.2, 0.25) is 0 Å². The minimum atomic E-state index is 0.519. The molecule has 0 heterocycles. The Kier molecular flexibility index (Phi) is 5.04. The van der Waals surface area contributed by atoms with Crippen molar-refractivity contribution in [2.45, 2.75) is 13.1 Å². The van der Waals surface area contributed by atoms with Gasteiger partial charge < -0.3 is 15.4 Å². The molecule has 0 spiro atoms. The van der Waals surface area contributed by atoms with Gasteiger partial charge in [-0.25, -0.2) is 0 Å². The van der Waals surface area contributed by atoms with Crippen LogP contribution in [0.15, 0.2) is 46.9 Å². The van der Waals surface area contributed by atoms with Gasteiger partial charge in [0.05, 0.1) is 7.11 Å². The van der Waals surface area contributed by atoms with Gasteiger partial charge in [-0.05, 0) is 29.8 Å². The van der Waals surface area contributed by atoms with E-state index in [1.54, 1.807) is 7.11 Å². The predicted octanol–water partition coefficient (Wildman–Crippen LogP) is 3.55. The molecule has 2 aromatic rings. The molecule has 0 saturated carbocycles. The van der Waals surface area contributed by atoms with Gasteiger partial charge in [0.2, 0.25) is 0 Å². The highest BCUT2D eigenvalue weighted by molar-refractivity contribution is 9.10. The van der Waals surface area contributed by atoms with Crippen molar-refractivity contribution in [2.24, 2.45) is 5.73 Å². The van der Waals surface area contributed by atoms with Crippen LogP contribution in [0.4, 0.5) is 5.69 Å². The summed E-state index contributed by atoms with van der Waals surface area (Å²) < 4.78 is 6.45. The standard InChI is InChI=1S/C16H19BrN2O/c1-19(11-12-5-3-4-6-16(12)20-2)15-8-7-14(17)9-13(15)10-18/h3-9H,10-11,18H2,1-2H3. The fourth-order valence-corrected chi connectivity index (χ4v) is 2.67. The molecule has 3 nitrogen and oxygen atoms in total. The number of ether oxygens (including phenoxy) is 1. The number of methoxy groups -OCH3 is 1. The van der Waals surface area contributed by atoms with Crippen LogP contribution in [0, 0.1) is 0 Å². The summed E-state index contributed by atoms with van der Waals surface area (Å²) in [5.74, 6) is 0.908. The lowest BCUT2D eigenvalue weighted by molar-refractivity contribution is 0.409. The Balaban J connectivity index is 2.26. The minimum absolute atomic E-state index is 0.519. The average Bonchev–Trinajstić information content (AvgIpc) is 2.47. The first-order chi connectivity index (χ1) is 9.65. The van der Waals surface area contributed by atoms with Crippen molar-refractivity contribution in [3.05, 3.63) is 58.1 Å². The summed E-state index contributed by atoms with van der Waals surface area (Å²) in [7, 11) is 3.76. The highest BCUT2D eigenvalue weighted by atomic mass is 79.9. The van der Waals surface area contributed by atoms with E-state index in [1.807, 2.05) is 24.3 Å². The SMILES string of the molecule is COc1ccccc1CN(C)c1ccc(Br)cc1CN. The van der Waals surface area contributed by atoms with E-state index in [-0.39, 0.29) is 0 Å². The van der Waals surface area contributed by atoms with Crippen LogP contribution in [-0.4, -0.2) is 14.2 Å². The third-order valence-electron chi connectivity index (χ3n) is 3.27. The van der Waals surface area contributed by atoms with Crippen LogP contribution >= 0.6 is 15.9 Å². The first kappa shape index (κ1) is 14.9. The second-order valence-corrected chi connectivity index (χ2v) is 5.56. The van der Waals surface area contributed by atoms with Crippen LogP contribution in [0.3, 0.4) is 0 Å². The molecule has 0 aliphatic rings. The van der Waals surface area contributed by atoms with Crippen molar-refractivity contribution in [3.8, 4) is 5.75 Å². The van der Waals surface area contributed by atoms with Gasteiger partial charge in [0.1, 0.15) is 5.75 Å². The summed E-state index contributed by atoms with van der Waals surface area (Å²) in [6.45, 7) is 1.30. The van der Waals surface area contributed by atoms with Gasteiger partial charge in [0.25, 0.3) is 0 Å². The van der Waals surface area contributed by atoms with Crippen molar-refractivity contribution >= 4 is 21.6 Å². The van der Waals surface area contributed by atoms with Crippen LogP contribution < -0.4 is 15.4 Å². The largest absolute Gasteiger partial charge is 0.496 e. The third kappa shape index (κ3) is 3.32. The number of nitrogens with zero attached hydrogens (tertiary/aromatic N) is 1. The summed E-state index contributed by atoms with van der Waals surface area (Å²) >= 11 is 3.48. The molecule has 2 aromatic carbocycles.